The molecule has 0 aliphatic heterocycles. The van der Waals surface area contributed by atoms with Gasteiger partial charge in [-0.3, -0.25) is 0 Å². The van der Waals surface area contributed by atoms with E-state index < -0.39 is 30.9 Å². The van der Waals surface area contributed by atoms with Gasteiger partial charge >= 0.3 is 11.9 Å². The number of aromatic nitrogens is 2. The first-order valence-electron chi connectivity index (χ1n) is 8.89. The Morgan fingerprint density at radius 3 is 2.67 bits per heavy atom. The molecule has 0 saturated carbocycles. The Morgan fingerprint density at radius 2 is 1.93 bits per heavy atom. The first-order chi connectivity index (χ1) is 14.4. The second kappa shape index (κ2) is 9.32. The fourth-order valence-electron chi connectivity index (χ4n) is 2.64. The number of fused-ring (bicyclic) bond motifs is 1. The van der Waals surface area contributed by atoms with Crippen molar-refractivity contribution in [3.05, 3.63) is 64.6 Å². The number of aryl methyl sites for hydroxylation is 1. The number of esters is 2. The van der Waals surface area contributed by atoms with Gasteiger partial charge in [-0.15, -0.1) is 0 Å². The molecule has 2 N–H and O–H groups in total. The largest absolute Gasteiger partial charge is 0.508 e. The maximum absolute atomic E-state index is 12.2. The van der Waals surface area contributed by atoms with E-state index in [9.17, 15) is 14.7 Å². The molecule has 0 saturated heterocycles. The van der Waals surface area contributed by atoms with Crippen LogP contribution in [0.3, 0.4) is 0 Å². The highest BCUT2D eigenvalue weighted by Gasteiger charge is 2.23. The van der Waals surface area contributed by atoms with Crippen LogP contribution in [0, 0.1) is 6.92 Å². The number of nitrogens with zero attached hydrogens (tertiary/aromatic N) is 1. The smallest absolute Gasteiger partial charge is 0.345 e. The van der Waals surface area contributed by atoms with Crippen molar-refractivity contribution < 1.29 is 28.9 Å². The molecule has 0 radical (unpaired) electrons. The van der Waals surface area contributed by atoms with Gasteiger partial charge < -0.3 is 24.3 Å². The zero-order valence-electron chi connectivity index (χ0n) is 16.3. The molecule has 0 atom stereocenters. The van der Waals surface area contributed by atoms with Crippen LogP contribution in [0.5, 0.6) is 5.75 Å². The third kappa shape index (κ3) is 4.90. The van der Waals surface area contributed by atoms with E-state index in [2.05, 4.69) is 9.97 Å². The average Bonchev–Trinajstić information content (AvgIpc) is 3.16. The zero-order valence-corrected chi connectivity index (χ0v) is 17.0. The number of carbonyl (C=O) groups is 2. The molecule has 0 amide bonds. The number of nitrogens with one attached hydrogen (secondary N) is 1. The number of carbonyl (C=O) groups excluding carboxylic acids is 2. The summed E-state index contributed by atoms with van der Waals surface area (Å²) in [6.07, 6.45) is 0. The molecule has 2 aromatic carbocycles. The van der Waals surface area contributed by atoms with Gasteiger partial charge in [-0.05, 0) is 36.8 Å². The summed E-state index contributed by atoms with van der Waals surface area (Å²) in [5.74, 6) is -1.66. The van der Waals surface area contributed by atoms with Gasteiger partial charge in [0.25, 0.3) is 0 Å². The predicted octanol–water partition coefficient (Wildman–Crippen LogP) is 3.59. The normalized spacial score (nSPS) is 11.7. The lowest BCUT2D eigenvalue weighted by molar-refractivity contribution is -0.146. The van der Waals surface area contributed by atoms with Gasteiger partial charge in [0.15, 0.2) is 6.61 Å². The molecule has 3 rings (SSSR count). The standard InChI is InChI=1S/C21H19ClN2O6/c1-12-7-8-13(22)17(9-12)29-11-18(26)30-10-16(25)19(21(27)28-2)20-23-14-5-3-4-6-15(14)24-20/h3-9,25H,10-11H2,1-2H3,(H,23,24)/b19-16+. The third-order valence-corrected chi connectivity index (χ3v) is 4.42. The fraction of sp³-hybridized carbons (Fsp3) is 0.190. The highest BCUT2D eigenvalue weighted by Crippen LogP contribution is 2.25. The minimum atomic E-state index is -0.828. The van der Waals surface area contributed by atoms with Crippen LogP contribution in [0.15, 0.2) is 48.2 Å². The van der Waals surface area contributed by atoms with Crippen molar-refractivity contribution in [2.24, 2.45) is 0 Å². The summed E-state index contributed by atoms with van der Waals surface area (Å²) in [6, 6.07) is 12.2. The van der Waals surface area contributed by atoms with Gasteiger partial charge in [0.1, 0.15) is 29.5 Å². The summed E-state index contributed by atoms with van der Waals surface area (Å²) in [6.45, 7) is 0.872. The second-order valence-corrected chi connectivity index (χ2v) is 6.71. The summed E-state index contributed by atoms with van der Waals surface area (Å²) in [4.78, 5) is 31.4. The fourth-order valence-corrected chi connectivity index (χ4v) is 2.82. The van der Waals surface area contributed by atoms with Gasteiger partial charge in [0.2, 0.25) is 0 Å². The van der Waals surface area contributed by atoms with Crippen molar-refractivity contribution >= 4 is 40.1 Å². The number of ether oxygens (including phenoxy) is 3. The molecule has 3 aromatic rings. The van der Waals surface area contributed by atoms with Crippen molar-refractivity contribution in [1.82, 2.24) is 9.97 Å². The van der Waals surface area contributed by atoms with Crippen LogP contribution in [0.2, 0.25) is 5.02 Å². The van der Waals surface area contributed by atoms with E-state index in [4.69, 9.17) is 25.8 Å². The van der Waals surface area contributed by atoms with Crippen molar-refractivity contribution in [2.75, 3.05) is 20.3 Å². The monoisotopic (exact) mass is 430 g/mol. The summed E-state index contributed by atoms with van der Waals surface area (Å²) in [5, 5.41) is 10.7. The quantitative estimate of drug-likeness (QED) is 0.334. The lowest BCUT2D eigenvalue weighted by Crippen LogP contribution is -2.18. The number of H-pyrrole nitrogens is 1. The van der Waals surface area contributed by atoms with Crippen LogP contribution in [0.4, 0.5) is 0 Å². The Hall–Kier alpha value is -3.52. The van der Waals surface area contributed by atoms with E-state index in [0.717, 1.165) is 5.56 Å². The molecule has 156 valence electrons. The number of aromatic amines is 1. The maximum Gasteiger partial charge on any atom is 0.345 e. The number of methoxy groups -OCH3 is 1. The van der Waals surface area contributed by atoms with Crippen LogP contribution >= 0.6 is 11.6 Å². The Bertz CT molecular complexity index is 1090. The molecular formula is C21H19ClN2O6. The number of imidazole rings is 1. The van der Waals surface area contributed by atoms with Crippen LogP contribution in [0.1, 0.15) is 11.4 Å². The first kappa shape index (κ1) is 21.2. The number of para-hydroxylation sites is 2. The highest BCUT2D eigenvalue weighted by atomic mass is 35.5. The van der Waals surface area contributed by atoms with Crippen LogP contribution < -0.4 is 4.74 Å². The van der Waals surface area contributed by atoms with Crippen molar-refractivity contribution in [3.63, 3.8) is 0 Å². The second-order valence-electron chi connectivity index (χ2n) is 6.30. The van der Waals surface area contributed by atoms with E-state index in [0.29, 0.717) is 21.8 Å². The van der Waals surface area contributed by atoms with E-state index >= 15 is 0 Å². The lowest BCUT2D eigenvalue weighted by Gasteiger charge is -2.10. The van der Waals surface area contributed by atoms with E-state index in [1.54, 1.807) is 36.4 Å². The van der Waals surface area contributed by atoms with E-state index in [-0.39, 0.29) is 11.4 Å². The number of hydrogen-bond acceptors (Lipinski definition) is 7. The number of hydrogen-bond donors (Lipinski definition) is 2. The summed E-state index contributed by atoms with van der Waals surface area (Å²) in [5.41, 5.74) is 1.95. The number of benzene rings is 2. The molecule has 0 unspecified atom stereocenters. The van der Waals surface area contributed by atoms with Gasteiger partial charge in [-0.25, -0.2) is 14.6 Å². The Kier molecular flexibility index (Phi) is 6.58. The topological polar surface area (TPSA) is 111 Å². The first-order valence-corrected chi connectivity index (χ1v) is 9.27. The number of halogens is 1. The van der Waals surface area contributed by atoms with Crippen LogP contribution in [-0.2, 0) is 19.1 Å². The van der Waals surface area contributed by atoms with Crippen LogP contribution in [0.25, 0.3) is 16.6 Å². The highest BCUT2D eigenvalue weighted by molar-refractivity contribution is 6.32. The van der Waals surface area contributed by atoms with Crippen molar-refractivity contribution in [2.45, 2.75) is 6.92 Å². The molecule has 0 fully saturated rings. The molecule has 30 heavy (non-hydrogen) atoms. The molecule has 1 heterocycles. The van der Waals surface area contributed by atoms with Crippen molar-refractivity contribution in [3.8, 4) is 5.75 Å². The molecule has 0 spiro atoms. The van der Waals surface area contributed by atoms with Gasteiger partial charge in [0.05, 0.1) is 23.2 Å². The van der Waals surface area contributed by atoms with Gasteiger partial charge in [0, 0.05) is 0 Å². The third-order valence-electron chi connectivity index (χ3n) is 4.11. The van der Waals surface area contributed by atoms with Gasteiger partial charge in [-0.1, -0.05) is 29.8 Å². The van der Waals surface area contributed by atoms with Gasteiger partial charge in [-0.2, -0.15) is 0 Å². The minimum Gasteiger partial charge on any atom is -0.508 e. The molecule has 8 nitrogen and oxygen atoms in total. The van der Waals surface area contributed by atoms with E-state index in [1.807, 2.05) is 13.0 Å². The number of rotatable bonds is 7. The number of aliphatic hydroxyl groups excluding tert-OH is 1. The molecule has 0 aliphatic rings. The Morgan fingerprint density at radius 1 is 1.17 bits per heavy atom. The molecular weight excluding hydrogens is 412 g/mol. The van der Waals surface area contributed by atoms with Crippen molar-refractivity contribution in [1.29, 1.82) is 0 Å². The van der Waals surface area contributed by atoms with Crippen LogP contribution in [-0.4, -0.2) is 47.3 Å². The summed E-state index contributed by atoms with van der Waals surface area (Å²) >= 11 is 6.01. The molecule has 9 heteroatoms. The SMILES string of the molecule is COC(=O)/C(=C(/O)COC(=O)COc1cc(C)ccc1Cl)c1nc2ccccc2[nH]1. The molecule has 0 bridgehead atoms. The Labute approximate surface area is 177 Å². The predicted molar refractivity (Wildman–Crippen MR) is 110 cm³/mol. The number of aliphatic hydroxyl groups is 1. The Balaban J connectivity index is 1.71. The zero-order chi connectivity index (χ0) is 21.7. The summed E-state index contributed by atoms with van der Waals surface area (Å²) in [7, 11) is 1.17. The lowest BCUT2D eigenvalue weighted by atomic mass is 10.2. The summed E-state index contributed by atoms with van der Waals surface area (Å²) < 4.78 is 15.1. The maximum atomic E-state index is 12.2. The molecule has 0 aliphatic carbocycles. The van der Waals surface area contributed by atoms with E-state index in [1.165, 1.54) is 7.11 Å². The minimum absolute atomic E-state index is 0.0967. The molecule has 1 aromatic heterocycles. The average molecular weight is 431 g/mol.